The van der Waals surface area contributed by atoms with Gasteiger partial charge in [-0.1, -0.05) is 23.5 Å². The van der Waals surface area contributed by atoms with E-state index in [9.17, 15) is 4.39 Å². The summed E-state index contributed by atoms with van der Waals surface area (Å²) in [6.45, 7) is 2.92. The highest BCUT2D eigenvalue weighted by molar-refractivity contribution is 7.73. The minimum absolute atomic E-state index is 0.0304. The van der Waals surface area contributed by atoms with Crippen LogP contribution in [0.25, 0.3) is 0 Å². The van der Waals surface area contributed by atoms with Gasteiger partial charge in [0.25, 0.3) is 0 Å². The zero-order valence-electron chi connectivity index (χ0n) is 10.7. The molecular formula is C13H14FN3OS2. The average Bonchev–Trinajstić information content (AvgIpc) is 2.85. The molecule has 2 heterocycles. The lowest BCUT2D eigenvalue weighted by molar-refractivity contribution is -0.0417. The smallest absolute Gasteiger partial charge is 0.180 e. The number of halogens is 1. The van der Waals surface area contributed by atoms with Crippen LogP contribution >= 0.6 is 23.6 Å². The molecule has 0 saturated carbocycles. The lowest BCUT2D eigenvalue weighted by Gasteiger charge is -2.32. The molecule has 1 aromatic heterocycles. The van der Waals surface area contributed by atoms with Crippen molar-refractivity contribution in [3.05, 3.63) is 45.1 Å². The highest BCUT2D eigenvalue weighted by Crippen LogP contribution is 2.22. The minimum atomic E-state index is -0.227. The SMILES string of the molecule is Fc1ccc(C2CN(Cn3ncsc3=S)CCO2)cc1. The quantitative estimate of drug-likeness (QED) is 0.816. The molecule has 1 aliphatic rings. The van der Waals surface area contributed by atoms with Crippen molar-refractivity contribution >= 4 is 23.6 Å². The molecule has 106 valence electrons. The first kappa shape index (κ1) is 13.8. The Morgan fingerprint density at radius 2 is 2.20 bits per heavy atom. The molecule has 3 rings (SSSR count). The average molecular weight is 311 g/mol. The number of morpholine rings is 1. The van der Waals surface area contributed by atoms with Crippen LogP contribution in [-0.4, -0.2) is 34.4 Å². The summed E-state index contributed by atoms with van der Waals surface area (Å²) in [4.78, 5) is 2.24. The number of rotatable bonds is 3. The lowest BCUT2D eigenvalue weighted by atomic mass is 10.1. The first-order valence-corrected chi connectivity index (χ1v) is 7.61. The van der Waals surface area contributed by atoms with Gasteiger partial charge in [-0.3, -0.25) is 4.90 Å². The minimum Gasteiger partial charge on any atom is -0.371 e. The highest BCUT2D eigenvalue weighted by Gasteiger charge is 2.22. The van der Waals surface area contributed by atoms with Gasteiger partial charge < -0.3 is 4.74 Å². The fourth-order valence-corrected chi connectivity index (χ4v) is 2.94. The fraction of sp³-hybridized carbons (Fsp3) is 0.385. The van der Waals surface area contributed by atoms with Gasteiger partial charge in [-0.2, -0.15) is 5.10 Å². The summed E-state index contributed by atoms with van der Waals surface area (Å²) in [5.41, 5.74) is 2.75. The predicted octanol–water partition coefficient (Wildman–Crippen LogP) is 2.84. The maximum absolute atomic E-state index is 13.0. The molecule has 0 aliphatic carbocycles. The zero-order valence-corrected chi connectivity index (χ0v) is 12.4. The van der Waals surface area contributed by atoms with Crippen LogP contribution in [0.1, 0.15) is 11.7 Å². The first-order valence-electron chi connectivity index (χ1n) is 6.32. The van der Waals surface area contributed by atoms with E-state index < -0.39 is 0 Å². The summed E-state index contributed by atoms with van der Waals surface area (Å²) >= 11 is 6.67. The summed E-state index contributed by atoms with van der Waals surface area (Å²) in [6, 6.07) is 6.48. The number of ether oxygens (including phenoxy) is 1. The van der Waals surface area contributed by atoms with E-state index in [0.29, 0.717) is 13.3 Å². The Kier molecular flexibility index (Phi) is 4.21. The predicted molar refractivity (Wildman–Crippen MR) is 77.6 cm³/mol. The number of benzene rings is 1. The van der Waals surface area contributed by atoms with Gasteiger partial charge in [0, 0.05) is 13.1 Å². The highest BCUT2D eigenvalue weighted by atomic mass is 32.1. The van der Waals surface area contributed by atoms with Crippen molar-refractivity contribution in [1.82, 2.24) is 14.7 Å². The van der Waals surface area contributed by atoms with E-state index >= 15 is 0 Å². The van der Waals surface area contributed by atoms with Crippen LogP contribution < -0.4 is 0 Å². The van der Waals surface area contributed by atoms with Crippen LogP contribution in [0, 0.1) is 9.77 Å². The summed E-state index contributed by atoms with van der Waals surface area (Å²) in [5.74, 6) is -0.227. The van der Waals surface area contributed by atoms with Gasteiger partial charge in [-0.25, -0.2) is 9.07 Å². The molecule has 2 aromatic rings. The second-order valence-corrected chi connectivity index (χ2v) is 6.11. The molecule has 1 aliphatic heterocycles. The molecule has 0 spiro atoms. The molecule has 1 aromatic carbocycles. The zero-order chi connectivity index (χ0) is 13.9. The topological polar surface area (TPSA) is 30.3 Å². The van der Waals surface area contributed by atoms with Gasteiger partial charge >= 0.3 is 0 Å². The third-order valence-corrected chi connectivity index (χ3v) is 4.39. The Hall–Kier alpha value is -1.15. The summed E-state index contributed by atoms with van der Waals surface area (Å²) in [6.07, 6.45) is -0.0304. The molecule has 1 saturated heterocycles. The van der Waals surface area contributed by atoms with Crippen molar-refractivity contribution < 1.29 is 9.13 Å². The maximum Gasteiger partial charge on any atom is 0.180 e. The summed E-state index contributed by atoms with van der Waals surface area (Å²) in [5, 5.41) is 4.22. The van der Waals surface area contributed by atoms with Crippen LogP contribution in [0.4, 0.5) is 4.39 Å². The standard InChI is InChI=1S/C13H14FN3OS2/c14-11-3-1-10(2-4-11)12-7-16(5-6-18-12)9-17-13(19)20-8-15-17/h1-4,8,12H,5-7,9H2. The number of hydrogen-bond donors (Lipinski definition) is 0. The van der Waals surface area contributed by atoms with Gasteiger partial charge in [0.1, 0.15) is 11.3 Å². The van der Waals surface area contributed by atoms with E-state index in [1.54, 1.807) is 17.6 Å². The second-order valence-electron chi connectivity index (χ2n) is 4.63. The molecule has 20 heavy (non-hydrogen) atoms. The van der Waals surface area contributed by atoms with Crippen LogP contribution in [0.5, 0.6) is 0 Å². The Balaban J connectivity index is 1.69. The van der Waals surface area contributed by atoms with Gasteiger partial charge in [0.05, 0.1) is 19.4 Å². The fourth-order valence-electron chi connectivity index (χ4n) is 2.23. The van der Waals surface area contributed by atoms with E-state index in [2.05, 4.69) is 10.00 Å². The molecular weight excluding hydrogens is 297 g/mol. The molecule has 4 nitrogen and oxygen atoms in total. The van der Waals surface area contributed by atoms with Crippen molar-refractivity contribution in [2.45, 2.75) is 12.8 Å². The second kappa shape index (κ2) is 6.09. The molecule has 0 bridgehead atoms. The Morgan fingerprint density at radius 1 is 1.40 bits per heavy atom. The molecule has 0 amide bonds. The van der Waals surface area contributed by atoms with E-state index in [0.717, 1.165) is 22.6 Å². The summed E-state index contributed by atoms with van der Waals surface area (Å²) < 4.78 is 21.3. The van der Waals surface area contributed by atoms with Crippen LogP contribution in [0.15, 0.2) is 29.8 Å². The molecule has 0 N–H and O–H groups in total. The summed E-state index contributed by atoms with van der Waals surface area (Å²) in [7, 11) is 0. The van der Waals surface area contributed by atoms with Crippen molar-refractivity contribution in [2.24, 2.45) is 0 Å². The molecule has 1 fully saturated rings. The number of aromatic nitrogens is 2. The van der Waals surface area contributed by atoms with Crippen molar-refractivity contribution in [2.75, 3.05) is 19.7 Å². The molecule has 1 unspecified atom stereocenters. The van der Waals surface area contributed by atoms with Gasteiger partial charge in [0.15, 0.2) is 3.95 Å². The third-order valence-electron chi connectivity index (χ3n) is 3.28. The van der Waals surface area contributed by atoms with Crippen LogP contribution in [0.3, 0.4) is 0 Å². The van der Waals surface area contributed by atoms with Crippen LogP contribution in [-0.2, 0) is 11.4 Å². The van der Waals surface area contributed by atoms with E-state index in [1.165, 1.54) is 23.5 Å². The van der Waals surface area contributed by atoms with Crippen molar-refractivity contribution in [3.63, 3.8) is 0 Å². The largest absolute Gasteiger partial charge is 0.371 e. The van der Waals surface area contributed by atoms with Gasteiger partial charge in [-0.05, 0) is 29.9 Å². The van der Waals surface area contributed by atoms with E-state index in [4.69, 9.17) is 17.0 Å². The normalized spacial score (nSPS) is 20.1. The Bertz CT molecular complexity index is 625. The molecule has 7 heteroatoms. The molecule has 0 radical (unpaired) electrons. The number of nitrogens with zero attached hydrogens (tertiary/aromatic N) is 3. The monoisotopic (exact) mass is 311 g/mol. The maximum atomic E-state index is 13.0. The lowest BCUT2D eigenvalue weighted by Crippen LogP contribution is -2.39. The van der Waals surface area contributed by atoms with E-state index in [1.807, 2.05) is 4.68 Å². The number of hydrogen-bond acceptors (Lipinski definition) is 5. The van der Waals surface area contributed by atoms with Crippen LogP contribution in [0.2, 0.25) is 0 Å². The third kappa shape index (κ3) is 3.12. The molecule has 1 atom stereocenters. The van der Waals surface area contributed by atoms with Crippen molar-refractivity contribution in [1.29, 1.82) is 0 Å². The van der Waals surface area contributed by atoms with Gasteiger partial charge in [0.2, 0.25) is 0 Å². The van der Waals surface area contributed by atoms with Crippen molar-refractivity contribution in [3.8, 4) is 0 Å². The Labute approximate surface area is 125 Å². The Morgan fingerprint density at radius 3 is 2.90 bits per heavy atom. The first-order chi connectivity index (χ1) is 9.72. The van der Waals surface area contributed by atoms with E-state index in [-0.39, 0.29) is 11.9 Å². The van der Waals surface area contributed by atoms with Gasteiger partial charge in [-0.15, -0.1) is 0 Å².